The van der Waals surface area contributed by atoms with Crippen molar-refractivity contribution in [1.29, 1.82) is 0 Å². The molecule has 1 unspecified atom stereocenters. The number of aliphatic hydroxyl groups is 7. The third kappa shape index (κ3) is 5.24. The van der Waals surface area contributed by atoms with Crippen molar-refractivity contribution >= 4 is 0 Å². The van der Waals surface area contributed by atoms with Gasteiger partial charge in [0, 0.05) is 0 Å². The summed E-state index contributed by atoms with van der Waals surface area (Å²) in [6, 6.07) is 9.14. The van der Waals surface area contributed by atoms with Crippen molar-refractivity contribution in [1.82, 2.24) is 0 Å². The Morgan fingerprint density at radius 1 is 0.774 bits per heavy atom. The highest BCUT2D eigenvalue weighted by Gasteiger charge is 2.50. The molecule has 11 nitrogen and oxygen atoms in total. The molecule has 7 N–H and O–H groups in total. The van der Waals surface area contributed by atoms with Crippen molar-refractivity contribution in [2.24, 2.45) is 0 Å². The van der Waals surface area contributed by atoms with Gasteiger partial charge < -0.3 is 54.7 Å². The molecule has 0 amide bonds. The molecule has 2 aliphatic heterocycles. The molecule has 0 radical (unpaired) electrons. The van der Waals surface area contributed by atoms with E-state index in [-0.39, 0.29) is 0 Å². The van der Waals surface area contributed by atoms with Crippen LogP contribution in [0.5, 0.6) is 0 Å². The lowest BCUT2D eigenvalue weighted by Gasteiger charge is -2.46. The van der Waals surface area contributed by atoms with Crippen molar-refractivity contribution in [2.75, 3.05) is 13.2 Å². The van der Waals surface area contributed by atoms with Gasteiger partial charge in [-0.3, -0.25) is 0 Å². The van der Waals surface area contributed by atoms with Crippen LogP contribution in [0.15, 0.2) is 30.3 Å². The van der Waals surface area contributed by atoms with Gasteiger partial charge in [-0.2, -0.15) is 0 Å². The van der Waals surface area contributed by atoms with Gasteiger partial charge in [0.2, 0.25) is 0 Å². The zero-order chi connectivity index (χ0) is 22.7. The van der Waals surface area contributed by atoms with E-state index in [0.29, 0.717) is 0 Å². The second kappa shape index (κ2) is 10.6. The maximum absolute atomic E-state index is 10.6. The SMILES string of the molecule is CC(O[C@H]1O[C@H](CO)[C@@H](O[C@H]2O[C@H](CO)[C@@H](O)[C@H](O)[C@H]2O)[C@H](O)[C@H]1O)c1ccccc1. The predicted octanol–water partition coefficient (Wildman–Crippen LogP) is -2.61. The van der Waals surface area contributed by atoms with Crippen LogP contribution >= 0.6 is 0 Å². The molecule has 2 aliphatic rings. The van der Waals surface area contributed by atoms with Crippen LogP contribution in [-0.2, 0) is 18.9 Å². The highest BCUT2D eigenvalue weighted by atomic mass is 16.7. The molecule has 1 aromatic rings. The Balaban J connectivity index is 1.69. The van der Waals surface area contributed by atoms with Crippen LogP contribution in [-0.4, -0.2) is 110 Å². The number of ether oxygens (including phenoxy) is 4. The Kier molecular flexibility index (Phi) is 8.35. The summed E-state index contributed by atoms with van der Waals surface area (Å²) in [7, 11) is 0. The maximum atomic E-state index is 10.6. The molecule has 176 valence electrons. The normalized spacial score (nSPS) is 42.3. The number of rotatable bonds is 7. The number of aliphatic hydroxyl groups excluding tert-OH is 7. The molecule has 0 spiro atoms. The first kappa shape index (κ1) is 24.4. The fourth-order valence-electron chi connectivity index (χ4n) is 3.67. The second-order valence-corrected chi connectivity index (χ2v) is 7.69. The van der Waals surface area contributed by atoms with Gasteiger partial charge in [0.15, 0.2) is 12.6 Å². The predicted molar refractivity (Wildman–Crippen MR) is 102 cm³/mol. The fraction of sp³-hybridized carbons (Fsp3) is 0.700. The maximum Gasteiger partial charge on any atom is 0.187 e. The minimum atomic E-state index is -1.71. The third-order valence-corrected chi connectivity index (χ3v) is 5.57. The Morgan fingerprint density at radius 2 is 1.35 bits per heavy atom. The van der Waals surface area contributed by atoms with Gasteiger partial charge in [0.05, 0.1) is 19.3 Å². The van der Waals surface area contributed by atoms with Gasteiger partial charge in [0.25, 0.3) is 0 Å². The topological polar surface area (TPSA) is 179 Å². The van der Waals surface area contributed by atoms with E-state index in [2.05, 4.69) is 0 Å². The molecule has 0 aliphatic carbocycles. The Morgan fingerprint density at radius 3 is 1.97 bits per heavy atom. The molecule has 3 rings (SSSR count). The van der Waals surface area contributed by atoms with Crippen molar-refractivity contribution in [3.05, 3.63) is 35.9 Å². The van der Waals surface area contributed by atoms with Crippen molar-refractivity contribution in [2.45, 2.75) is 74.4 Å². The first-order chi connectivity index (χ1) is 14.8. The van der Waals surface area contributed by atoms with E-state index >= 15 is 0 Å². The van der Waals surface area contributed by atoms with Gasteiger partial charge in [0.1, 0.15) is 48.8 Å². The standard InChI is InChI=1S/C20H30O11/c1-9(10-5-3-2-4-6-10)28-19-17(27)15(25)18(12(8-22)30-19)31-20-16(26)14(24)13(23)11(7-21)29-20/h2-6,9,11-27H,7-8H2,1H3/t9?,11-,12-,13-,14+,15-,16-,17-,18-,19+,20-/m1/s1. The lowest BCUT2D eigenvalue weighted by Crippen LogP contribution is -2.64. The van der Waals surface area contributed by atoms with E-state index in [9.17, 15) is 35.7 Å². The molecule has 0 bridgehead atoms. The quantitative estimate of drug-likeness (QED) is 0.233. The Bertz CT molecular complexity index is 672. The highest BCUT2D eigenvalue weighted by Crippen LogP contribution is 2.31. The van der Waals surface area contributed by atoms with Gasteiger partial charge in [-0.1, -0.05) is 30.3 Å². The molecule has 0 aromatic heterocycles. The smallest absolute Gasteiger partial charge is 0.187 e. The van der Waals surface area contributed by atoms with E-state index in [0.717, 1.165) is 5.56 Å². The van der Waals surface area contributed by atoms with E-state index in [1.54, 1.807) is 6.92 Å². The minimum absolute atomic E-state index is 0.490. The average Bonchev–Trinajstić information content (AvgIpc) is 2.79. The van der Waals surface area contributed by atoms with Crippen molar-refractivity contribution in [3.63, 3.8) is 0 Å². The molecule has 2 heterocycles. The van der Waals surface area contributed by atoms with Crippen LogP contribution in [0.25, 0.3) is 0 Å². The van der Waals surface area contributed by atoms with Gasteiger partial charge in [-0.05, 0) is 12.5 Å². The van der Waals surface area contributed by atoms with Crippen molar-refractivity contribution in [3.8, 4) is 0 Å². The molecule has 0 saturated carbocycles. The van der Waals surface area contributed by atoms with Gasteiger partial charge >= 0.3 is 0 Å². The van der Waals surface area contributed by atoms with Crippen molar-refractivity contribution < 1.29 is 54.7 Å². The zero-order valence-corrected chi connectivity index (χ0v) is 16.9. The Labute approximate surface area is 179 Å². The molecular formula is C20H30O11. The number of hydrogen-bond acceptors (Lipinski definition) is 11. The van der Waals surface area contributed by atoms with E-state index in [4.69, 9.17) is 18.9 Å². The Hall–Kier alpha value is -1.22. The fourth-order valence-corrected chi connectivity index (χ4v) is 3.67. The summed E-state index contributed by atoms with van der Waals surface area (Å²) in [6.45, 7) is 0.460. The van der Waals surface area contributed by atoms with E-state index < -0.39 is 80.7 Å². The van der Waals surface area contributed by atoms with Gasteiger partial charge in [-0.15, -0.1) is 0 Å². The first-order valence-electron chi connectivity index (χ1n) is 10.1. The van der Waals surface area contributed by atoms with Crippen LogP contribution in [0.1, 0.15) is 18.6 Å². The van der Waals surface area contributed by atoms with Crippen LogP contribution in [0.4, 0.5) is 0 Å². The summed E-state index contributed by atoms with van der Waals surface area (Å²) >= 11 is 0. The summed E-state index contributed by atoms with van der Waals surface area (Å²) in [5.74, 6) is 0. The monoisotopic (exact) mass is 446 g/mol. The largest absolute Gasteiger partial charge is 0.394 e. The molecule has 31 heavy (non-hydrogen) atoms. The van der Waals surface area contributed by atoms with Gasteiger partial charge in [-0.25, -0.2) is 0 Å². The van der Waals surface area contributed by atoms with E-state index in [1.807, 2.05) is 30.3 Å². The second-order valence-electron chi connectivity index (χ2n) is 7.69. The molecule has 11 heteroatoms. The van der Waals surface area contributed by atoms with Crippen LogP contribution in [0.3, 0.4) is 0 Å². The summed E-state index contributed by atoms with van der Waals surface area (Å²) in [5, 5.41) is 70.1. The lowest BCUT2D eigenvalue weighted by molar-refractivity contribution is -0.362. The first-order valence-corrected chi connectivity index (χ1v) is 10.1. The molecule has 11 atom stereocenters. The highest BCUT2D eigenvalue weighted by molar-refractivity contribution is 5.16. The van der Waals surface area contributed by atoms with E-state index in [1.165, 1.54) is 0 Å². The third-order valence-electron chi connectivity index (χ3n) is 5.57. The molecule has 1 aromatic carbocycles. The van der Waals surface area contributed by atoms with Crippen LogP contribution < -0.4 is 0 Å². The summed E-state index contributed by atoms with van der Waals surface area (Å²) in [4.78, 5) is 0. The lowest BCUT2D eigenvalue weighted by atomic mass is 9.97. The summed E-state index contributed by atoms with van der Waals surface area (Å²) < 4.78 is 22.1. The number of hydrogen-bond donors (Lipinski definition) is 7. The van der Waals surface area contributed by atoms with Crippen LogP contribution in [0, 0.1) is 0 Å². The zero-order valence-electron chi connectivity index (χ0n) is 16.9. The molecule has 2 saturated heterocycles. The number of benzene rings is 1. The molecular weight excluding hydrogens is 416 g/mol. The molecule has 2 fully saturated rings. The minimum Gasteiger partial charge on any atom is -0.394 e. The summed E-state index contributed by atoms with van der Waals surface area (Å²) in [6.07, 6.45) is -15.2. The average molecular weight is 446 g/mol. The summed E-state index contributed by atoms with van der Waals surface area (Å²) in [5.41, 5.74) is 0.813. The van der Waals surface area contributed by atoms with Crippen LogP contribution in [0.2, 0.25) is 0 Å².